The first-order chi connectivity index (χ1) is 17.0. The summed E-state index contributed by atoms with van der Waals surface area (Å²) >= 11 is 0.295. The Labute approximate surface area is 213 Å². The molecule has 0 saturated carbocycles. The molecule has 8 nitrogen and oxygen atoms in total. The van der Waals surface area contributed by atoms with E-state index in [9.17, 15) is 45.2 Å². The van der Waals surface area contributed by atoms with Crippen molar-refractivity contribution in [1.29, 1.82) is 0 Å². The van der Waals surface area contributed by atoms with Crippen LogP contribution in [-0.2, 0) is 27.6 Å². The molecule has 2 aromatic rings. The fraction of sp³-hybridized carbons (Fsp3) is 0.429. The molecule has 1 aliphatic heterocycles. The van der Waals surface area contributed by atoms with E-state index in [4.69, 9.17) is 5.73 Å². The molecule has 1 aromatic carbocycles. The molecule has 1 fully saturated rings. The quantitative estimate of drug-likeness (QED) is 0.461. The highest BCUT2D eigenvalue weighted by molar-refractivity contribution is 7.85. The molecule has 204 valence electrons. The maximum atomic E-state index is 13.8. The van der Waals surface area contributed by atoms with Crippen LogP contribution in [0.4, 0.5) is 32.0 Å². The Hall–Kier alpha value is -2.69. The van der Waals surface area contributed by atoms with Crippen LogP contribution < -0.4 is 16.0 Å². The smallest absolute Gasteiger partial charge is 0.368 e. The van der Waals surface area contributed by atoms with Gasteiger partial charge in [-0.05, 0) is 37.3 Å². The van der Waals surface area contributed by atoms with Gasteiger partial charge in [0.2, 0.25) is 0 Å². The molecule has 16 heteroatoms. The number of nitrogens with two attached hydrogens (primary N) is 1. The second kappa shape index (κ2) is 10.2. The molecule has 0 spiro atoms. The highest BCUT2D eigenvalue weighted by Gasteiger charge is 2.61. The van der Waals surface area contributed by atoms with Gasteiger partial charge in [0, 0.05) is 44.0 Å². The minimum atomic E-state index is -5.41. The largest absolute Gasteiger partial charge is 0.431 e. The first-order valence-electron chi connectivity index (χ1n) is 10.6. The third-order valence-corrected chi connectivity index (χ3v) is 8.90. The number of piperazine rings is 1. The van der Waals surface area contributed by atoms with Gasteiger partial charge in [0.25, 0.3) is 17.4 Å². The summed E-state index contributed by atoms with van der Waals surface area (Å²) in [6.45, 7) is 1.54. The number of thiophene rings is 1. The zero-order valence-corrected chi connectivity index (χ0v) is 20.9. The predicted octanol–water partition coefficient (Wildman–Crippen LogP) is 2.60. The van der Waals surface area contributed by atoms with Crippen molar-refractivity contribution in [1.82, 2.24) is 9.62 Å². The molecule has 4 N–H and O–H groups in total. The van der Waals surface area contributed by atoms with Gasteiger partial charge in [0.15, 0.2) is 0 Å². The minimum Gasteiger partial charge on any atom is -0.368 e. The number of carbonyl (C=O) groups excluding carboxylic acids is 2. The number of halogens is 6. The molecule has 1 aliphatic rings. The van der Waals surface area contributed by atoms with Crippen LogP contribution in [0.3, 0.4) is 0 Å². The van der Waals surface area contributed by atoms with Crippen molar-refractivity contribution in [2.24, 2.45) is 5.73 Å². The fourth-order valence-electron chi connectivity index (χ4n) is 3.86. The number of nitrogens with zero attached hydrogens (tertiary/aromatic N) is 2. The molecule has 2 heterocycles. The summed E-state index contributed by atoms with van der Waals surface area (Å²) < 4.78 is 95.7. The molecule has 0 bridgehead atoms. The van der Waals surface area contributed by atoms with Gasteiger partial charge >= 0.3 is 12.4 Å². The number of aliphatic hydroxyl groups is 1. The second-order valence-electron chi connectivity index (χ2n) is 8.18. The van der Waals surface area contributed by atoms with Crippen LogP contribution in [0.25, 0.3) is 0 Å². The summed E-state index contributed by atoms with van der Waals surface area (Å²) in [7, 11) is -0.749. The van der Waals surface area contributed by atoms with Gasteiger partial charge in [-0.25, -0.2) is 8.51 Å². The summed E-state index contributed by atoms with van der Waals surface area (Å²) in [5.41, 5.74) is -0.532. The van der Waals surface area contributed by atoms with Gasteiger partial charge in [-0.3, -0.25) is 9.59 Å². The summed E-state index contributed by atoms with van der Waals surface area (Å²) in [5, 5.41) is 12.2. The highest BCUT2D eigenvalue weighted by atomic mass is 32.2. The molecule has 2 amide bonds. The Balaban J connectivity index is 1.84. The lowest BCUT2D eigenvalue weighted by atomic mass is 10.0. The average Bonchev–Trinajstić information content (AvgIpc) is 3.31. The Morgan fingerprint density at radius 1 is 1.14 bits per heavy atom. The standard InChI is InChI=1S/C21H22F6N4O4S2/c1-11-10-30(14-4-3-12(17(32)29-2)9-13(14)20(22,23)24)7-8-31(11)37(35)16-6-5-15(36-16)19(34,18(28)33)21(25,26)27/h3-6,9,11,34H,7-8,10H2,1-2H3,(H2,28,33)(H,29,32). The zero-order chi connectivity index (χ0) is 27.9. The van der Waals surface area contributed by atoms with Crippen molar-refractivity contribution in [2.45, 2.75) is 35.1 Å². The number of primary amides is 1. The number of alkyl halides is 6. The first-order valence-corrected chi connectivity index (χ1v) is 12.5. The fourth-order valence-corrected chi connectivity index (χ4v) is 6.61. The number of carbonyl (C=O) groups is 2. The van der Waals surface area contributed by atoms with Crippen molar-refractivity contribution < 1.29 is 45.2 Å². The normalized spacial score (nSPS) is 19.8. The summed E-state index contributed by atoms with van der Waals surface area (Å²) in [5.74, 6) is -2.72. The minimum absolute atomic E-state index is 0.00944. The van der Waals surface area contributed by atoms with Gasteiger partial charge < -0.3 is 21.1 Å². The van der Waals surface area contributed by atoms with Crippen LogP contribution in [0.1, 0.15) is 27.7 Å². The van der Waals surface area contributed by atoms with E-state index in [1.165, 1.54) is 28.4 Å². The SMILES string of the molecule is CNC(=O)c1ccc(N2CCN(S(=O)c3ccc(C(O)(C(N)=O)C(F)(F)F)s3)C(C)C2)c(C(F)(F)F)c1. The molecule has 3 atom stereocenters. The number of hydrogen-bond acceptors (Lipinski definition) is 6. The number of nitrogens with one attached hydrogen (secondary N) is 1. The Morgan fingerprint density at radius 3 is 2.30 bits per heavy atom. The van der Waals surface area contributed by atoms with E-state index >= 15 is 0 Å². The lowest BCUT2D eigenvalue weighted by molar-refractivity contribution is -0.254. The van der Waals surface area contributed by atoms with Crippen LogP contribution in [0.2, 0.25) is 0 Å². The van der Waals surface area contributed by atoms with Crippen molar-refractivity contribution >= 4 is 39.8 Å². The van der Waals surface area contributed by atoms with Crippen molar-refractivity contribution in [2.75, 3.05) is 31.6 Å². The van der Waals surface area contributed by atoms with Gasteiger partial charge in [-0.2, -0.15) is 26.3 Å². The van der Waals surface area contributed by atoms with Crippen LogP contribution >= 0.6 is 11.3 Å². The van der Waals surface area contributed by atoms with Gasteiger partial charge in [0.1, 0.15) is 15.2 Å². The van der Waals surface area contributed by atoms with Crippen LogP contribution in [0.5, 0.6) is 0 Å². The van der Waals surface area contributed by atoms with Crippen molar-refractivity contribution in [3.63, 3.8) is 0 Å². The maximum absolute atomic E-state index is 13.8. The van der Waals surface area contributed by atoms with Crippen LogP contribution in [-0.4, -0.2) is 64.3 Å². The monoisotopic (exact) mass is 572 g/mol. The molecule has 1 aromatic heterocycles. The number of amides is 2. The Bertz CT molecular complexity index is 1220. The molecular formula is C21H22F6N4O4S2. The molecule has 3 rings (SSSR count). The maximum Gasteiger partial charge on any atom is 0.431 e. The van der Waals surface area contributed by atoms with E-state index in [0.29, 0.717) is 11.3 Å². The molecule has 0 aliphatic carbocycles. The van der Waals surface area contributed by atoms with Crippen LogP contribution in [0.15, 0.2) is 34.5 Å². The Kier molecular flexibility index (Phi) is 7.98. The molecule has 1 saturated heterocycles. The highest BCUT2D eigenvalue weighted by Crippen LogP contribution is 2.43. The molecule has 3 unspecified atom stereocenters. The third kappa shape index (κ3) is 5.46. The summed E-state index contributed by atoms with van der Waals surface area (Å²) in [4.78, 5) is 23.8. The topological polar surface area (TPSA) is 116 Å². The first kappa shape index (κ1) is 28.9. The average molecular weight is 573 g/mol. The zero-order valence-electron chi connectivity index (χ0n) is 19.3. The van der Waals surface area contributed by atoms with Gasteiger partial charge in [-0.15, -0.1) is 11.3 Å². The van der Waals surface area contributed by atoms with Crippen molar-refractivity contribution in [3.05, 3.63) is 46.3 Å². The number of anilines is 1. The van der Waals surface area contributed by atoms with Gasteiger partial charge in [-0.1, -0.05) is 0 Å². The lowest BCUT2D eigenvalue weighted by Crippen LogP contribution is -2.52. The van der Waals surface area contributed by atoms with Crippen LogP contribution in [0, 0.1) is 0 Å². The number of hydrogen-bond donors (Lipinski definition) is 3. The third-order valence-electron chi connectivity index (χ3n) is 5.79. The van der Waals surface area contributed by atoms with E-state index in [1.54, 1.807) is 6.92 Å². The second-order valence-corrected chi connectivity index (χ2v) is 10.9. The predicted molar refractivity (Wildman–Crippen MR) is 123 cm³/mol. The molecular weight excluding hydrogens is 550 g/mol. The van der Waals surface area contributed by atoms with Gasteiger partial charge in [0.05, 0.1) is 10.4 Å². The number of benzene rings is 1. The molecule has 0 radical (unpaired) electrons. The van der Waals surface area contributed by atoms with E-state index in [2.05, 4.69) is 5.32 Å². The number of rotatable bonds is 6. The van der Waals surface area contributed by atoms with E-state index in [-0.39, 0.29) is 35.1 Å². The summed E-state index contributed by atoms with van der Waals surface area (Å²) in [6, 6.07) is 4.44. The van der Waals surface area contributed by atoms with E-state index in [1.807, 2.05) is 0 Å². The van der Waals surface area contributed by atoms with E-state index in [0.717, 1.165) is 18.2 Å². The molecule has 37 heavy (non-hydrogen) atoms. The van der Waals surface area contributed by atoms with E-state index < -0.39 is 57.2 Å². The van der Waals surface area contributed by atoms with Crippen molar-refractivity contribution in [3.8, 4) is 0 Å². The Morgan fingerprint density at radius 2 is 1.78 bits per heavy atom. The lowest BCUT2D eigenvalue weighted by Gasteiger charge is -2.40. The summed E-state index contributed by atoms with van der Waals surface area (Å²) in [6.07, 6.45) is -10.2.